The molecule has 0 radical (unpaired) electrons. The summed E-state index contributed by atoms with van der Waals surface area (Å²) in [5, 5.41) is 0. The SMILES string of the molecule is Cc1cc(OC(C)C)nc(N2CCC(N)CC2C)n1. The Bertz CT molecular complexity index is 435. The average Bonchev–Trinajstić information content (AvgIpc) is 2.26. The molecule has 19 heavy (non-hydrogen) atoms. The fraction of sp³-hybridized carbons (Fsp3) is 0.714. The fourth-order valence-electron chi connectivity index (χ4n) is 2.46. The number of piperidine rings is 1. The van der Waals surface area contributed by atoms with Crippen LogP contribution in [0.4, 0.5) is 5.95 Å². The molecule has 1 fully saturated rings. The molecule has 5 heteroatoms. The van der Waals surface area contributed by atoms with E-state index in [1.807, 2.05) is 26.8 Å². The van der Waals surface area contributed by atoms with Crippen LogP contribution in [0.1, 0.15) is 39.3 Å². The van der Waals surface area contributed by atoms with E-state index in [0.717, 1.165) is 31.0 Å². The van der Waals surface area contributed by atoms with Gasteiger partial charge in [-0.2, -0.15) is 4.98 Å². The Hall–Kier alpha value is -1.36. The smallest absolute Gasteiger partial charge is 0.229 e. The zero-order valence-electron chi connectivity index (χ0n) is 12.3. The van der Waals surface area contributed by atoms with Crippen LogP contribution in [0.15, 0.2) is 6.07 Å². The zero-order chi connectivity index (χ0) is 14.0. The predicted molar refractivity (Wildman–Crippen MR) is 76.6 cm³/mol. The van der Waals surface area contributed by atoms with E-state index in [2.05, 4.69) is 21.8 Å². The number of aryl methyl sites for hydroxylation is 1. The molecule has 1 aliphatic rings. The minimum atomic E-state index is 0.120. The van der Waals surface area contributed by atoms with Crippen molar-refractivity contribution in [2.75, 3.05) is 11.4 Å². The third-order valence-electron chi connectivity index (χ3n) is 3.35. The maximum Gasteiger partial charge on any atom is 0.229 e. The second-order valence-electron chi connectivity index (χ2n) is 5.64. The summed E-state index contributed by atoms with van der Waals surface area (Å²) < 4.78 is 5.68. The molecule has 106 valence electrons. The molecule has 0 spiro atoms. The summed E-state index contributed by atoms with van der Waals surface area (Å²) in [6.07, 6.45) is 2.09. The summed E-state index contributed by atoms with van der Waals surface area (Å²) in [4.78, 5) is 11.3. The molecule has 2 atom stereocenters. The van der Waals surface area contributed by atoms with E-state index in [1.165, 1.54) is 0 Å². The van der Waals surface area contributed by atoms with Crippen LogP contribution >= 0.6 is 0 Å². The number of ether oxygens (including phenoxy) is 1. The second-order valence-corrected chi connectivity index (χ2v) is 5.64. The van der Waals surface area contributed by atoms with Crippen molar-refractivity contribution in [3.8, 4) is 5.88 Å². The van der Waals surface area contributed by atoms with Crippen LogP contribution in [-0.2, 0) is 0 Å². The van der Waals surface area contributed by atoms with E-state index in [0.29, 0.717) is 18.0 Å². The van der Waals surface area contributed by atoms with Crippen molar-refractivity contribution in [2.45, 2.75) is 58.7 Å². The van der Waals surface area contributed by atoms with E-state index in [-0.39, 0.29) is 6.10 Å². The minimum Gasteiger partial charge on any atom is -0.475 e. The Balaban J connectivity index is 2.21. The highest BCUT2D eigenvalue weighted by Gasteiger charge is 2.25. The normalized spacial score (nSPS) is 23.8. The van der Waals surface area contributed by atoms with Crippen LogP contribution in [0, 0.1) is 6.92 Å². The number of hydrogen-bond acceptors (Lipinski definition) is 5. The minimum absolute atomic E-state index is 0.120. The zero-order valence-corrected chi connectivity index (χ0v) is 12.3. The van der Waals surface area contributed by atoms with Gasteiger partial charge in [-0.05, 0) is 40.5 Å². The molecule has 5 nitrogen and oxygen atoms in total. The largest absolute Gasteiger partial charge is 0.475 e. The topological polar surface area (TPSA) is 64.3 Å². The molecule has 1 saturated heterocycles. The third-order valence-corrected chi connectivity index (χ3v) is 3.35. The number of anilines is 1. The summed E-state index contributed by atoms with van der Waals surface area (Å²) in [6.45, 7) is 9.05. The summed E-state index contributed by atoms with van der Waals surface area (Å²) >= 11 is 0. The molecule has 2 unspecified atom stereocenters. The number of nitrogens with zero attached hydrogens (tertiary/aromatic N) is 3. The highest BCUT2D eigenvalue weighted by molar-refractivity contribution is 5.36. The molecule has 0 saturated carbocycles. The van der Waals surface area contributed by atoms with Crippen molar-refractivity contribution in [3.63, 3.8) is 0 Å². The first-order valence-corrected chi connectivity index (χ1v) is 7.00. The third kappa shape index (κ3) is 3.56. The molecule has 1 aromatic heterocycles. The number of nitrogens with two attached hydrogens (primary N) is 1. The molecule has 2 N–H and O–H groups in total. The van der Waals surface area contributed by atoms with E-state index in [4.69, 9.17) is 10.5 Å². The van der Waals surface area contributed by atoms with Crippen molar-refractivity contribution in [1.82, 2.24) is 9.97 Å². The Morgan fingerprint density at radius 1 is 1.42 bits per heavy atom. The Morgan fingerprint density at radius 2 is 2.16 bits per heavy atom. The molecule has 2 rings (SSSR count). The Labute approximate surface area is 115 Å². The maximum absolute atomic E-state index is 6.00. The van der Waals surface area contributed by atoms with Crippen LogP contribution < -0.4 is 15.4 Å². The van der Waals surface area contributed by atoms with Gasteiger partial charge < -0.3 is 15.4 Å². The fourth-order valence-corrected chi connectivity index (χ4v) is 2.46. The van der Waals surface area contributed by atoms with Gasteiger partial charge in [0.1, 0.15) is 0 Å². The molecule has 0 aliphatic carbocycles. The van der Waals surface area contributed by atoms with E-state index in [9.17, 15) is 0 Å². The summed E-state index contributed by atoms with van der Waals surface area (Å²) in [7, 11) is 0. The van der Waals surface area contributed by atoms with Crippen LogP contribution in [0.5, 0.6) is 5.88 Å². The first-order valence-electron chi connectivity index (χ1n) is 7.00. The summed E-state index contributed by atoms with van der Waals surface area (Å²) in [5.74, 6) is 1.41. The number of rotatable bonds is 3. The van der Waals surface area contributed by atoms with Gasteiger partial charge in [-0.3, -0.25) is 0 Å². The van der Waals surface area contributed by atoms with Gasteiger partial charge in [-0.1, -0.05) is 0 Å². The summed E-state index contributed by atoms with van der Waals surface area (Å²) in [6, 6.07) is 2.55. The maximum atomic E-state index is 6.00. The Kier molecular flexibility index (Phi) is 4.24. The highest BCUT2D eigenvalue weighted by atomic mass is 16.5. The molecule has 0 aromatic carbocycles. The van der Waals surface area contributed by atoms with E-state index >= 15 is 0 Å². The van der Waals surface area contributed by atoms with E-state index in [1.54, 1.807) is 0 Å². The van der Waals surface area contributed by atoms with E-state index < -0.39 is 0 Å². The highest BCUT2D eigenvalue weighted by Crippen LogP contribution is 2.23. The van der Waals surface area contributed by atoms with Crippen LogP contribution in [-0.4, -0.2) is 34.7 Å². The molecule has 0 bridgehead atoms. The van der Waals surface area contributed by atoms with Gasteiger partial charge in [-0.15, -0.1) is 0 Å². The van der Waals surface area contributed by atoms with Crippen molar-refractivity contribution in [2.24, 2.45) is 5.73 Å². The van der Waals surface area contributed by atoms with Crippen molar-refractivity contribution >= 4 is 5.95 Å². The predicted octanol–water partition coefficient (Wildman–Crippen LogP) is 1.89. The van der Waals surface area contributed by atoms with Gasteiger partial charge >= 0.3 is 0 Å². The number of hydrogen-bond donors (Lipinski definition) is 1. The van der Waals surface area contributed by atoms with Gasteiger partial charge in [-0.25, -0.2) is 4.98 Å². The van der Waals surface area contributed by atoms with Crippen LogP contribution in [0.3, 0.4) is 0 Å². The van der Waals surface area contributed by atoms with Crippen molar-refractivity contribution < 1.29 is 4.74 Å². The number of aromatic nitrogens is 2. The lowest BCUT2D eigenvalue weighted by Gasteiger charge is -2.36. The molecular weight excluding hydrogens is 240 g/mol. The van der Waals surface area contributed by atoms with Gasteiger partial charge in [0.2, 0.25) is 11.8 Å². The van der Waals surface area contributed by atoms with Gasteiger partial charge in [0.05, 0.1) is 6.10 Å². The van der Waals surface area contributed by atoms with Crippen LogP contribution in [0.2, 0.25) is 0 Å². The lowest BCUT2D eigenvalue weighted by atomic mass is 10.00. The standard InChI is InChI=1S/C14H24N4O/c1-9(2)19-13-7-10(3)16-14(17-13)18-6-5-12(15)8-11(18)4/h7,9,11-12H,5-6,8,15H2,1-4H3. The lowest BCUT2D eigenvalue weighted by molar-refractivity contribution is 0.232. The molecule has 1 aromatic rings. The van der Waals surface area contributed by atoms with Crippen molar-refractivity contribution in [3.05, 3.63) is 11.8 Å². The van der Waals surface area contributed by atoms with Gasteiger partial charge in [0.25, 0.3) is 0 Å². The molecular formula is C14H24N4O. The van der Waals surface area contributed by atoms with Crippen molar-refractivity contribution in [1.29, 1.82) is 0 Å². The second kappa shape index (κ2) is 5.74. The first-order chi connectivity index (χ1) is 8.95. The summed E-state index contributed by atoms with van der Waals surface area (Å²) in [5.41, 5.74) is 6.93. The van der Waals surface area contributed by atoms with Gasteiger partial charge in [0, 0.05) is 30.4 Å². The Morgan fingerprint density at radius 3 is 2.79 bits per heavy atom. The van der Waals surface area contributed by atoms with Crippen LogP contribution in [0.25, 0.3) is 0 Å². The molecule has 2 heterocycles. The molecule has 1 aliphatic heterocycles. The monoisotopic (exact) mass is 264 g/mol. The average molecular weight is 264 g/mol. The quantitative estimate of drug-likeness (QED) is 0.903. The van der Waals surface area contributed by atoms with Gasteiger partial charge in [0.15, 0.2) is 0 Å². The first kappa shape index (κ1) is 14.1. The molecule has 0 amide bonds. The lowest BCUT2D eigenvalue weighted by Crippen LogP contribution is -2.46.